The van der Waals surface area contributed by atoms with Crippen LogP contribution in [0.2, 0.25) is 5.02 Å². The summed E-state index contributed by atoms with van der Waals surface area (Å²) in [4.78, 5) is 19.3. The van der Waals surface area contributed by atoms with E-state index >= 15 is 0 Å². The van der Waals surface area contributed by atoms with E-state index in [-0.39, 0.29) is 35.8 Å². The zero-order chi connectivity index (χ0) is 51.7. The number of alkyl halides is 3. The molecule has 3 aliphatic rings. The van der Waals surface area contributed by atoms with Crippen molar-refractivity contribution < 1.29 is 45.7 Å². The Kier molecular flexibility index (Phi) is 15.6. The number of likely N-dealkylation sites (tertiary alicyclic amines) is 1. The second-order valence-electron chi connectivity index (χ2n) is 18.5. The predicted octanol–water partition coefficient (Wildman–Crippen LogP) is 10.4. The van der Waals surface area contributed by atoms with E-state index in [4.69, 9.17) is 16.1 Å². The molecule has 6 aromatic rings. The molecule has 386 valence electrons. The standard InChI is InChI=1S/C53H57ClF3N6O7PS2/c1-36-49(52(65)66)50(51(59(36)2)37-11-13-39(54)14-12-37)38-7-6-8-43(33-38)62-29-27-61(28-30-62)41-15-17-42(18-16-41)63-31-32-70-71(63,67)45-19-20-47(48(34-45)73(68,69)53(55,56)57)58-40(35-72-46-9-4-3-5-10-46)21-24-60-25-22-44(64)23-26-60/h3-20,33-34,40,44,58,64H,21-32,35H2,1-2H3,(H,65,66)/t40-,71+/m1/s1. The van der Waals surface area contributed by atoms with Crippen molar-refractivity contribution in [3.63, 3.8) is 0 Å². The van der Waals surface area contributed by atoms with Gasteiger partial charge in [-0.15, -0.1) is 11.8 Å². The molecule has 2 atom stereocenters. The Morgan fingerprint density at radius 3 is 2.15 bits per heavy atom. The number of carbonyl (C=O) groups is 1. The molecule has 3 N–H and O–H groups in total. The smallest absolute Gasteiger partial charge is 0.478 e. The van der Waals surface area contributed by atoms with Gasteiger partial charge in [0.2, 0.25) is 0 Å². The van der Waals surface area contributed by atoms with Gasteiger partial charge in [-0.1, -0.05) is 54.1 Å². The van der Waals surface area contributed by atoms with Crippen molar-refractivity contribution >= 4 is 74.7 Å². The second kappa shape index (κ2) is 21.8. The van der Waals surface area contributed by atoms with Crippen molar-refractivity contribution in [2.75, 3.05) is 84.5 Å². The molecule has 0 aliphatic carbocycles. The summed E-state index contributed by atoms with van der Waals surface area (Å²) in [5.74, 6) is -0.594. The largest absolute Gasteiger partial charge is 0.501 e. The number of carboxylic acid groups (broad SMARTS) is 1. The number of benzene rings is 5. The lowest BCUT2D eigenvalue weighted by Gasteiger charge is -2.37. The minimum Gasteiger partial charge on any atom is -0.478 e. The van der Waals surface area contributed by atoms with Crippen LogP contribution in [0, 0.1) is 6.92 Å². The predicted molar refractivity (Wildman–Crippen MR) is 285 cm³/mol. The van der Waals surface area contributed by atoms with E-state index in [9.17, 15) is 41.2 Å². The fourth-order valence-electron chi connectivity index (χ4n) is 9.92. The van der Waals surface area contributed by atoms with Crippen LogP contribution in [0.4, 0.5) is 35.9 Å². The van der Waals surface area contributed by atoms with Crippen molar-refractivity contribution in [1.29, 1.82) is 0 Å². The first-order valence-electron chi connectivity index (χ1n) is 24.1. The van der Waals surface area contributed by atoms with Gasteiger partial charge in [-0.25, -0.2) is 13.2 Å². The Morgan fingerprint density at radius 2 is 1.49 bits per heavy atom. The number of hydrogen-bond acceptors (Lipinski definition) is 11. The minimum atomic E-state index is -5.93. The van der Waals surface area contributed by atoms with Gasteiger partial charge in [-0.2, -0.15) is 13.2 Å². The summed E-state index contributed by atoms with van der Waals surface area (Å²) < 4.78 is 94.5. The molecule has 3 fully saturated rings. The number of piperidine rings is 1. The fraction of sp³-hybridized carbons (Fsp3) is 0.340. The van der Waals surface area contributed by atoms with E-state index in [2.05, 4.69) is 20.0 Å². The molecule has 5 aromatic carbocycles. The molecule has 0 spiro atoms. The lowest BCUT2D eigenvalue weighted by Crippen LogP contribution is -2.46. The van der Waals surface area contributed by atoms with Crippen molar-refractivity contribution in [2.24, 2.45) is 7.05 Å². The number of sulfone groups is 1. The number of anilines is 4. The third kappa shape index (κ3) is 11.2. The quantitative estimate of drug-likeness (QED) is 0.0625. The average molecular weight is 1080 g/mol. The first-order valence-corrected chi connectivity index (χ1v) is 28.6. The number of nitrogens with one attached hydrogen (secondary N) is 1. The highest BCUT2D eigenvalue weighted by Crippen LogP contribution is 2.56. The van der Waals surface area contributed by atoms with E-state index in [0.717, 1.165) is 39.2 Å². The van der Waals surface area contributed by atoms with E-state index < -0.39 is 39.8 Å². The van der Waals surface area contributed by atoms with Crippen LogP contribution in [0.15, 0.2) is 131 Å². The van der Waals surface area contributed by atoms with Crippen LogP contribution in [0.3, 0.4) is 0 Å². The Bertz CT molecular complexity index is 3100. The molecule has 73 heavy (non-hydrogen) atoms. The Morgan fingerprint density at radius 1 is 0.836 bits per heavy atom. The number of hydrogen-bond donors (Lipinski definition) is 3. The van der Waals surface area contributed by atoms with Gasteiger partial charge in [-0.05, 0) is 116 Å². The molecule has 13 nitrogen and oxygen atoms in total. The maximum atomic E-state index is 14.9. The van der Waals surface area contributed by atoms with Crippen LogP contribution in [-0.4, -0.2) is 116 Å². The fourth-order valence-corrected chi connectivity index (χ4v) is 14.3. The lowest BCUT2D eigenvalue weighted by atomic mass is 9.96. The number of nitrogens with zero attached hydrogens (tertiary/aromatic N) is 5. The number of aromatic carboxylic acids is 1. The maximum absolute atomic E-state index is 14.9. The molecular weight excluding hydrogens is 1020 g/mol. The van der Waals surface area contributed by atoms with Crippen LogP contribution in [-0.2, 0) is 26.0 Å². The summed E-state index contributed by atoms with van der Waals surface area (Å²) in [6, 6.07) is 35.2. The van der Waals surface area contributed by atoms with Crippen LogP contribution in [0.5, 0.6) is 0 Å². The zero-order valence-electron chi connectivity index (χ0n) is 40.3. The molecule has 20 heteroatoms. The molecule has 4 heterocycles. The summed E-state index contributed by atoms with van der Waals surface area (Å²) >= 11 is 7.71. The van der Waals surface area contributed by atoms with Crippen molar-refractivity contribution in [3.05, 3.63) is 138 Å². The monoisotopic (exact) mass is 1080 g/mol. The van der Waals surface area contributed by atoms with Gasteiger partial charge in [0.15, 0.2) is 0 Å². The molecule has 3 aliphatic heterocycles. The second-order valence-corrected chi connectivity index (χ2v) is 24.3. The van der Waals surface area contributed by atoms with Crippen LogP contribution in [0.1, 0.15) is 35.3 Å². The van der Waals surface area contributed by atoms with Gasteiger partial charge in [0.25, 0.3) is 9.84 Å². The van der Waals surface area contributed by atoms with Gasteiger partial charge in [0.05, 0.1) is 41.5 Å². The Balaban J connectivity index is 0.917. The van der Waals surface area contributed by atoms with Crippen LogP contribution < -0.4 is 25.1 Å². The topological polar surface area (TPSA) is 148 Å². The third-order valence-corrected chi connectivity index (χ3v) is 19.5. The number of aromatic nitrogens is 1. The summed E-state index contributed by atoms with van der Waals surface area (Å²) in [5.41, 5.74) is 0.357. The van der Waals surface area contributed by atoms with Crippen molar-refractivity contribution in [3.8, 4) is 22.4 Å². The normalized spacial score (nSPS) is 18.6. The van der Waals surface area contributed by atoms with E-state index in [1.165, 1.54) is 28.6 Å². The molecule has 0 amide bonds. The molecule has 1 aromatic heterocycles. The number of aliphatic hydroxyl groups is 1. The highest BCUT2D eigenvalue weighted by atomic mass is 35.5. The SMILES string of the molecule is Cc1c(C(=O)O)c(-c2cccc(N3CCN(c4ccc(N5CCO[P@@]5(=O)c5ccc(N[C@H](CCN6CCC(O)CC6)CSc6ccccc6)c(S(=O)(=O)C(F)(F)F)c5)cc4)CC3)c2)c(-c2ccc(Cl)cc2)n1C. The Hall–Kier alpha value is -5.46. The molecule has 9 rings (SSSR count). The highest BCUT2D eigenvalue weighted by molar-refractivity contribution is 7.99. The summed E-state index contributed by atoms with van der Waals surface area (Å²) in [7, 11) is -8.18. The van der Waals surface area contributed by atoms with Crippen LogP contribution in [0.25, 0.3) is 22.4 Å². The van der Waals surface area contributed by atoms with Crippen molar-refractivity contribution in [2.45, 2.75) is 53.6 Å². The highest BCUT2D eigenvalue weighted by Gasteiger charge is 2.49. The molecule has 0 bridgehead atoms. The molecule has 0 unspecified atom stereocenters. The van der Waals surface area contributed by atoms with Gasteiger partial charge in [0.1, 0.15) is 4.90 Å². The van der Waals surface area contributed by atoms with E-state index in [0.29, 0.717) is 92.8 Å². The maximum Gasteiger partial charge on any atom is 0.501 e. The summed E-state index contributed by atoms with van der Waals surface area (Å²) in [6.07, 6.45) is 1.35. The number of piperazine rings is 1. The van der Waals surface area contributed by atoms with Gasteiger partial charge < -0.3 is 39.3 Å². The average Bonchev–Trinajstić information content (AvgIpc) is 3.92. The third-order valence-electron chi connectivity index (χ3n) is 14.0. The summed E-state index contributed by atoms with van der Waals surface area (Å²) in [6.45, 7) is 6.52. The minimum absolute atomic E-state index is 0.000203. The van der Waals surface area contributed by atoms with Gasteiger partial charge in [0, 0.05) is 103 Å². The molecular formula is C53H57ClF3N6O7PS2. The van der Waals surface area contributed by atoms with Crippen molar-refractivity contribution in [1.82, 2.24) is 9.47 Å². The van der Waals surface area contributed by atoms with Gasteiger partial charge in [-0.3, -0.25) is 9.24 Å². The summed E-state index contributed by atoms with van der Waals surface area (Å²) in [5, 5.41) is 24.0. The van der Waals surface area contributed by atoms with Gasteiger partial charge >= 0.3 is 19.0 Å². The first kappa shape index (κ1) is 52.4. The molecule has 0 radical (unpaired) electrons. The van der Waals surface area contributed by atoms with E-state index in [1.54, 1.807) is 31.2 Å². The number of carboxylic acids is 1. The number of halogens is 4. The molecule has 3 saturated heterocycles. The number of aliphatic hydroxyl groups excluding tert-OH is 1. The Labute approximate surface area is 432 Å². The zero-order valence-corrected chi connectivity index (χ0v) is 43.6. The molecule has 0 saturated carbocycles. The number of rotatable bonds is 16. The number of thioether (sulfide) groups is 1. The lowest BCUT2D eigenvalue weighted by molar-refractivity contribution is -0.0435. The first-order chi connectivity index (χ1) is 34.9. The van der Waals surface area contributed by atoms with E-state index in [1.807, 2.05) is 90.5 Å². The van der Waals surface area contributed by atoms with Crippen LogP contribution >= 0.6 is 30.9 Å².